The van der Waals surface area contributed by atoms with Gasteiger partial charge in [-0.1, -0.05) is 37.7 Å². The second-order valence-corrected chi connectivity index (χ2v) is 7.97. The van der Waals surface area contributed by atoms with E-state index in [4.69, 9.17) is 0 Å². The maximum absolute atomic E-state index is 13.6. The van der Waals surface area contributed by atoms with E-state index in [-0.39, 0.29) is 22.0 Å². The summed E-state index contributed by atoms with van der Waals surface area (Å²) in [7, 11) is 0. The number of aromatic nitrogens is 2. The maximum atomic E-state index is 13.6. The van der Waals surface area contributed by atoms with Crippen LogP contribution >= 0.6 is 11.8 Å². The topological polar surface area (TPSA) is 34.9 Å². The lowest BCUT2D eigenvalue weighted by Gasteiger charge is -2.20. The van der Waals surface area contributed by atoms with Crippen LogP contribution in [0.2, 0.25) is 0 Å². The Morgan fingerprint density at radius 3 is 2.27 bits per heavy atom. The Morgan fingerprint density at radius 1 is 1.00 bits per heavy atom. The van der Waals surface area contributed by atoms with Gasteiger partial charge in [-0.25, -0.2) is 4.98 Å². The van der Waals surface area contributed by atoms with Gasteiger partial charge in [0.1, 0.15) is 0 Å². The van der Waals surface area contributed by atoms with E-state index in [0.29, 0.717) is 28.5 Å². The SMILES string of the molecule is CC(C)CSc1nc2ccccc2c(=O)n1-c1cc(C(F)(F)F)ccc1C(F)(F)F. The van der Waals surface area contributed by atoms with Crippen LogP contribution in [0.5, 0.6) is 0 Å². The zero-order chi connectivity index (χ0) is 22.3. The van der Waals surface area contributed by atoms with Crippen molar-refractivity contribution in [3.63, 3.8) is 0 Å². The van der Waals surface area contributed by atoms with E-state index >= 15 is 0 Å². The fraction of sp³-hybridized carbons (Fsp3) is 0.300. The number of benzene rings is 2. The molecule has 0 spiro atoms. The van der Waals surface area contributed by atoms with Crippen LogP contribution in [0.25, 0.3) is 16.6 Å². The third-order valence-electron chi connectivity index (χ3n) is 4.16. The molecule has 2 aromatic carbocycles. The van der Waals surface area contributed by atoms with Gasteiger partial charge in [0.05, 0.1) is 27.7 Å². The fourth-order valence-corrected chi connectivity index (χ4v) is 3.75. The molecule has 0 atom stereocenters. The lowest BCUT2D eigenvalue weighted by molar-refractivity contribution is -0.141. The molecule has 0 aliphatic rings. The Morgan fingerprint density at radius 2 is 1.67 bits per heavy atom. The van der Waals surface area contributed by atoms with E-state index in [1.165, 1.54) is 18.2 Å². The average Bonchev–Trinajstić information content (AvgIpc) is 2.64. The minimum atomic E-state index is -4.97. The van der Waals surface area contributed by atoms with Gasteiger partial charge in [0.2, 0.25) is 0 Å². The number of nitrogens with zero attached hydrogens (tertiary/aromatic N) is 2. The molecule has 160 valence electrons. The van der Waals surface area contributed by atoms with Crippen LogP contribution in [0.15, 0.2) is 52.4 Å². The first-order chi connectivity index (χ1) is 13.9. The fourth-order valence-electron chi connectivity index (χ4n) is 2.80. The molecule has 0 amide bonds. The molecule has 0 bridgehead atoms. The normalized spacial score (nSPS) is 12.7. The van der Waals surface area contributed by atoms with Crippen molar-refractivity contribution in [1.29, 1.82) is 0 Å². The first kappa shape index (κ1) is 22.2. The summed E-state index contributed by atoms with van der Waals surface area (Å²) in [5.74, 6) is 0.515. The molecule has 0 unspecified atom stereocenters. The highest BCUT2D eigenvalue weighted by atomic mass is 32.2. The molecular formula is C20H16F6N2OS. The van der Waals surface area contributed by atoms with Crippen molar-refractivity contribution in [2.24, 2.45) is 5.92 Å². The number of thioether (sulfide) groups is 1. The quantitative estimate of drug-likeness (QED) is 0.273. The Kier molecular flexibility index (Phi) is 5.90. The number of para-hydroxylation sites is 1. The van der Waals surface area contributed by atoms with Gasteiger partial charge in [0.15, 0.2) is 5.16 Å². The second-order valence-electron chi connectivity index (χ2n) is 6.98. The Labute approximate surface area is 171 Å². The molecule has 3 nitrogen and oxygen atoms in total. The third-order valence-corrected chi connectivity index (χ3v) is 5.53. The molecule has 1 heterocycles. The molecule has 30 heavy (non-hydrogen) atoms. The van der Waals surface area contributed by atoms with Gasteiger partial charge in [-0.3, -0.25) is 9.36 Å². The van der Waals surface area contributed by atoms with Crippen LogP contribution in [0.4, 0.5) is 26.3 Å². The van der Waals surface area contributed by atoms with E-state index < -0.39 is 34.7 Å². The standard InChI is InChI=1S/C20H16F6N2OS/c1-11(2)10-30-18-27-15-6-4-3-5-13(15)17(29)28(18)16-9-12(19(21,22)23)7-8-14(16)20(24,25)26/h3-9,11H,10H2,1-2H3. The Hall–Kier alpha value is -2.49. The van der Waals surface area contributed by atoms with E-state index in [1.807, 2.05) is 13.8 Å². The monoisotopic (exact) mass is 446 g/mol. The zero-order valence-corrected chi connectivity index (χ0v) is 16.6. The summed E-state index contributed by atoms with van der Waals surface area (Å²) in [6.45, 7) is 3.73. The molecule has 1 aromatic heterocycles. The molecule has 0 N–H and O–H groups in total. The Balaban J connectivity index is 2.40. The summed E-state index contributed by atoms with van der Waals surface area (Å²) >= 11 is 1.01. The van der Waals surface area contributed by atoms with Gasteiger partial charge in [0, 0.05) is 5.75 Å². The van der Waals surface area contributed by atoms with Crippen LogP contribution < -0.4 is 5.56 Å². The van der Waals surface area contributed by atoms with Crippen LogP contribution in [0.1, 0.15) is 25.0 Å². The Bertz CT molecular complexity index is 1130. The predicted molar refractivity (Wildman–Crippen MR) is 103 cm³/mol. The summed E-state index contributed by atoms with van der Waals surface area (Å²) in [5, 5.41) is -0.0887. The summed E-state index contributed by atoms with van der Waals surface area (Å²) in [4.78, 5) is 17.4. The average molecular weight is 446 g/mol. The van der Waals surface area contributed by atoms with Gasteiger partial charge in [-0.15, -0.1) is 0 Å². The summed E-state index contributed by atoms with van der Waals surface area (Å²) in [6.07, 6.45) is -9.84. The zero-order valence-electron chi connectivity index (χ0n) is 15.8. The van der Waals surface area contributed by atoms with Crippen molar-refractivity contribution < 1.29 is 26.3 Å². The predicted octanol–water partition coefficient (Wildman–Crippen LogP) is 6.17. The molecule has 0 saturated carbocycles. The highest BCUT2D eigenvalue weighted by Gasteiger charge is 2.38. The van der Waals surface area contributed by atoms with E-state index in [1.54, 1.807) is 6.07 Å². The minimum Gasteiger partial charge on any atom is -0.268 e. The number of hydrogen-bond acceptors (Lipinski definition) is 3. The maximum Gasteiger partial charge on any atom is 0.418 e. The van der Waals surface area contributed by atoms with Crippen molar-refractivity contribution in [2.45, 2.75) is 31.4 Å². The van der Waals surface area contributed by atoms with Gasteiger partial charge >= 0.3 is 12.4 Å². The van der Waals surface area contributed by atoms with Crippen LogP contribution in [0, 0.1) is 5.92 Å². The van der Waals surface area contributed by atoms with Crippen molar-refractivity contribution >= 4 is 22.7 Å². The van der Waals surface area contributed by atoms with Crippen molar-refractivity contribution in [3.05, 3.63) is 63.9 Å². The first-order valence-corrected chi connectivity index (χ1v) is 9.81. The van der Waals surface area contributed by atoms with Crippen LogP contribution in [-0.2, 0) is 12.4 Å². The highest BCUT2D eigenvalue weighted by Crippen LogP contribution is 2.39. The van der Waals surface area contributed by atoms with Gasteiger partial charge in [0.25, 0.3) is 5.56 Å². The largest absolute Gasteiger partial charge is 0.418 e. The first-order valence-electron chi connectivity index (χ1n) is 8.83. The van der Waals surface area contributed by atoms with E-state index in [2.05, 4.69) is 4.98 Å². The highest BCUT2D eigenvalue weighted by molar-refractivity contribution is 7.99. The van der Waals surface area contributed by atoms with Gasteiger partial charge in [-0.2, -0.15) is 26.3 Å². The summed E-state index contributed by atoms with van der Waals surface area (Å²) in [5.41, 5.74) is -4.14. The lowest BCUT2D eigenvalue weighted by Crippen LogP contribution is -2.25. The molecule has 0 radical (unpaired) electrons. The smallest absolute Gasteiger partial charge is 0.268 e. The van der Waals surface area contributed by atoms with E-state index in [9.17, 15) is 31.1 Å². The number of fused-ring (bicyclic) bond motifs is 1. The molecule has 0 aliphatic carbocycles. The molecule has 0 fully saturated rings. The third kappa shape index (κ3) is 4.48. The number of hydrogen-bond donors (Lipinski definition) is 0. The van der Waals surface area contributed by atoms with Crippen molar-refractivity contribution in [2.75, 3.05) is 5.75 Å². The molecule has 0 saturated heterocycles. The molecule has 0 aliphatic heterocycles. The minimum absolute atomic E-state index is 0.0110. The second kappa shape index (κ2) is 7.98. The number of halogens is 6. The summed E-state index contributed by atoms with van der Waals surface area (Å²) in [6, 6.07) is 7.06. The molecule has 10 heteroatoms. The number of alkyl halides is 6. The van der Waals surface area contributed by atoms with Crippen LogP contribution in [0.3, 0.4) is 0 Å². The van der Waals surface area contributed by atoms with Gasteiger partial charge in [-0.05, 0) is 36.2 Å². The van der Waals surface area contributed by atoms with E-state index in [0.717, 1.165) is 11.8 Å². The number of rotatable bonds is 4. The van der Waals surface area contributed by atoms with Crippen molar-refractivity contribution in [1.82, 2.24) is 9.55 Å². The summed E-state index contributed by atoms with van der Waals surface area (Å²) < 4.78 is 81.2. The van der Waals surface area contributed by atoms with Crippen molar-refractivity contribution in [3.8, 4) is 5.69 Å². The molecular weight excluding hydrogens is 430 g/mol. The molecule has 3 aromatic rings. The lowest BCUT2D eigenvalue weighted by atomic mass is 10.1. The van der Waals surface area contributed by atoms with Crippen LogP contribution in [-0.4, -0.2) is 15.3 Å². The molecule has 3 rings (SSSR count). The van der Waals surface area contributed by atoms with Gasteiger partial charge < -0.3 is 0 Å².